The molecule has 2 N–H and O–H groups in total. The third-order valence-corrected chi connectivity index (χ3v) is 3.37. The predicted molar refractivity (Wildman–Crippen MR) is 72.9 cm³/mol. The molecule has 0 aromatic heterocycles. The molecule has 0 aliphatic carbocycles. The molecule has 1 aromatic rings. The van der Waals surface area contributed by atoms with Gasteiger partial charge in [0.15, 0.2) is 0 Å². The van der Waals surface area contributed by atoms with Crippen LogP contribution in [0.2, 0.25) is 0 Å². The highest BCUT2D eigenvalue weighted by atomic mass is 32.2. The lowest BCUT2D eigenvalue weighted by Gasteiger charge is -2.10. The van der Waals surface area contributed by atoms with Crippen LogP contribution in [-0.2, 0) is 9.59 Å². The van der Waals surface area contributed by atoms with Crippen molar-refractivity contribution in [2.45, 2.75) is 18.7 Å². The van der Waals surface area contributed by atoms with Crippen LogP contribution in [0.15, 0.2) is 40.3 Å². The van der Waals surface area contributed by atoms with Crippen LogP contribution in [0.25, 0.3) is 0 Å². The van der Waals surface area contributed by atoms with Gasteiger partial charge in [-0.05, 0) is 32.2 Å². The lowest BCUT2D eigenvalue weighted by molar-refractivity contribution is -0.133. The van der Waals surface area contributed by atoms with Crippen molar-refractivity contribution in [3.63, 3.8) is 0 Å². The molecule has 0 fully saturated rings. The molecule has 0 heterocycles. The van der Waals surface area contributed by atoms with Gasteiger partial charge in [0.25, 0.3) is 5.91 Å². The molecular weight excluding hydrogens is 250 g/mol. The first-order valence-electron chi connectivity index (χ1n) is 5.32. The van der Waals surface area contributed by atoms with Gasteiger partial charge in [-0.15, -0.1) is 11.8 Å². The number of carboxylic acids is 1. The maximum absolute atomic E-state index is 11.9. The molecule has 0 unspecified atom stereocenters. The summed E-state index contributed by atoms with van der Waals surface area (Å²) in [6.07, 6.45) is 1.91. The van der Waals surface area contributed by atoms with Crippen LogP contribution in [0.4, 0.5) is 5.69 Å². The number of aliphatic carboxylic acids is 1. The molecule has 0 radical (unpaired) electrons. The summed E-state index contributed by atoms with van der Waals surface area (Å²) in [5.74, 6) is -1.47. The summed E-state index contributed by atoms with van der Waals surface area (Å²) in [7, 11) is 0. The lowest BCUT2D eigenvalue weighted by atomic mass is 10.1. The van der Waals surface area contributed by atoms with Gasteiger partial charge in [-0.3, -0.25) is 4.79 Å². The summed E-state index contributed by atoms with van der Waals surface area (Å²) in [6, 6.07) is 7.38. The number of hydrogen-bond acceptors (Lipinski definition) is 3. The topological polar surface area (TPSA) is 66.4 Å². The van der Waals surface area contributed by atoms with E-state index in [0.717, 1.165) is 4.90 Å². The number of carbonyl (C=O) groups is 2. The van der Waals surface area contributed by atoms with Crippen LogP contribution in [-0.4, -0.2) is 23.2 Å². The Bertz CT molecular complexity index is 509. The molecule has 5 heteroatoms. The molecule has 1 amide bonds. The Hall–Kier alpha value is -1.75. The standard InChI is InChI=1S/C13H15NO3S/c1-8(9(2)13(16)17)12(15)14-10-6-4-5-7-11(10)18-3/h4-7H,1-3H3,(H,14,15)(H,16,17). The van der Waals surface area contributed by atoms with E-state index in [1.165, 1.54) is 25.6 Å². The fourth-order valence-corrected chi connectivity index (χ4v) is 1.85. The third-order valence-electron chi connectivity index (χ3n) is 2.58. The van der Waals surface area contributed by atoms with E-state index in [4.69, 9.17) is 5.11 Å². The Kier molecular flexibility index (Phi) is 4.97. The van der Waals surface area contributed by atoms with E-state index in [9.17, 15) is 9.59 Å². The van der Waals surface area contributed by atoms with Gasteiger partial charge in [0.1, 0.15) is 0 Å². The minimum Gasteiger partial charge on any atom is -0.478 e. The Balaban J connectivity index is 2.95. The minimum atomic E-state index is -1.08. The highest BCUT2D eigenvalue weighted by molar-refractivity contribution is 7.98. The van der Waals surface area contributed by atoms with Gasteiger partial charge in [0.05, 0.1) is 5.69 Å². The van der Waals surface area contributed by atoms with E-state index in [0.29, 0.717) is 5.69 Å². The summed E-state index contributed by atoms with van der Waals surface area (Å²) < 4.78 is 0. The average Bonchev–Trinajstić information content (AvgIpc) is 2.37. The summed E-state index contributed by atoms with van der Waals surface area (Å²) in [4.78, 5) is 23.6. The van der Waals surface area contributed by atoms with Gasteiger partial charge < -0.3 is 10.4 Å². The quantitative estimate of drug-likeness (QED) is 0.649. The Morgan fingerprint density at radius 2 is 1.78 bits per heavy atom. The smallest absolute Gasteiger partial charge is 0.331 e. The zero-order valence-electron chi connectivity index (χ0n) is 10.5. The number of carboxylic acid groups (broad SMARTS) is 1. The van der Waals surface area contributed by atoms with Gasteiger partial charge in [-0.1, -0.05) is 12.1 Å². The second kappa shape index (κ2) is 6.26. The molecule has 0 spiro atoms. The normalized spacial score (nSPS) is 11.7. The molecule has 0 saturated carbocycles. The number of thioether (sulfide) groups is 1. The number of amides is 1. The molecular formula is C13H15NO3S. The maximum Gasteiger partial charge on any atom is 0.331 e. The van der Waals surface area contributed by atoms with Gasteiger partial charge >= 0.3 is 5.97 Å². The van der Waals surface area contributed by atoms with E-state index < -0.39 is 11.9 Å². The summed E-state index contributed by atoms with van der Waals surface area (Å²) >= 11 is 1.52. The third kappa shape index (κ3) is 3.37. The lowest BCUT2D eigenvalue weighted by Crippen LogP contribution is -2.16. The molecule has 1 rings (SSSR count). The van der Waals surface area contributed by atoms with E-state index >= 15 is 0 Å². The first-order valence-corrected chi connectivity index (χ1v) is 6.55. The van der Waals surface area contributed by atoms with Crippen molar-refractivity contribution in [3.8, 4) is 0 Å². The summed E-state index contributed by atoms with van der Waals surface area (Å²) in [6.45, 7) is 2.91. The number of para-hydroxylation sites is 1. The number of benzene rings is 1. The number of nitrogens with one attached hydrogen (secondary N) is 1. The molecule has 1 aromatic carbocycles. The first-order chi connectivity index (χ1) is 8.47. The van der Waals surface area contributed by atoms with Gasteiger partial charge in [0, 0.05) is 16.0 Å². The molecule has 4 nitrogen and oxygen atoms in total. The molecule has 0 aliphatic rings. The zero-order valence-corrected chi connectivity index (χ0v) is 11.3. The second-order valence-corrected chi connectivity index (χ2v) is 4.56. The highest BCUT2D eigenvalue weighted by Gasteiger charge is 2.13. The SMILES string of the molecule is CSc1ccccc1NC(=O)C(C)=C(C)C(=O)O. The molecule has 0 aliphatic heterocycles. The molecule has 18 heavy (non-hydrogen) atoms. The number of carbonyl (C=O) groups excluding carboxylic acids is 1. The van der Waals surface area contributed by atoms with Crippen LogP contribution in [0.3, 0.4) is 0 Å². The van der Waals surface area contributed by atoms with Crippen LogP contribution in [0.5, 0.6) is 0 Å². The Morgan fingerprint density at radius 3 is 2.33 bits per heavy atom. The van der Waals surface area contributed by atoms with E-state index in [-0.39, 0.29) is 11.1 Å². The van der Waals surface area contributed by atoms with E-state index in [1.807, 2.05) is 24.5 Å². The van der Waals surface area contributed by atoms with Crippen molar-refractivity contribution in [2.75, 3.05) is 11.6 Å². The molecule has 0 saturated heterocycles. The minimum absolute atomic E-state index is 0.0501. The van der Waals surface area contributed by atoms with Crippen molar-refractivity contribution >= 4 is 29.3 Å². The second-order valence-electron chi connectivity index (χ2n) is 3.71. The van der Waals surface area contributed by atoms with Crippen LogP contribution < -0.4 is 5.32 Å². The average molecular weight is 265 g/mol. The van der Waals surface area contributed by atoms with Crippen molar-refractivity contribution in [1.82, 2.24) is 0 Å². The van der Waals surface area contributed by atoms with Crippen molar-refractivity contribution in [1.29, 1.82) is 0 Å². The fourth-order valence-electron chi connectivity index (χ4n) is 1.29. The predicted octanol–water partition coefficient (Wildman–Crippen LogP) is 2.77. The van der Waals surface area contributed by atoms with Crippen molar-refractivity contribution in [2.24, 2.45) is 0 Å². The van der Waals surface area contributed by atoms with Gasteiger partial charge in [0.2, 0.25) is 0 Å². The largest absolute Gasteiger partial charge is 0.478 e. The molecule has 0 bridgehead atoms. The van der Waals surface area contributed by atoms with Crippen molar-refractivity contribution in [3.05, 3.63) is 35.4 Å². The summed E-state index contributed by atoms with van der Waals surface area (Å²) in [5, 5.41) is 11.5. The van der Waals surface area contributed by atoms with Crippen LogP contribution in [0, 0.1) is 0 Å². The Morgan fingerprint density at radius 1 is 1.17 bits per heavy atom. The number of hydrogen-bond donors (Lipinski definition) is 2. The fraction of sp³-hybridized carbons (Fsp3) is 0.231. The Labute approximate surface area is 110 Å². The summed E-state index contributed by atoms with van der Waals surface area (Å²) in [5.41, 5.74) is 0.945. The van der Waals surface area contributed by atoms with Gasteiger partial charge in [-0.2, -0.15) is 0 Å². The molecule has 96 valence electrons. The number of anilines is 1. The monoisotopic (exact) mass is 265 g/mol. The van der Waals surface area contributed by atoms with Crippen molar-refractivity contribution < 1.29 is 14.7 Å². The van der Waals surface area contributed by atoms with Crippen LogP contribution in [0.1, 0.15) is 13.8 Å². The number of rotatable bonds is 4. The first kappa shape index (κ1) is 14.3. The zero-order chi connectivity index (χ0) is 13.7. The van der Waals surface area contributed by atoms with E-state index in [2.05, 4.69) is 5.32 Å². The molecule has 0 atom stereocenters. The van der Waals surface area contributed by atoms with Crippen LogP contribution >= 0.6 is 11.8 Å². The maximum atomic E-state index is 11.9. The highest BCUT2D eigenvalue weighted by Crippen LogP contribution is 2.25. The van der Waals surface area contributed by atoms with Gasteiger partial charge in [-0.25, -0.2) is 4.79 Å². The van der Waals surface area contributed by atoms with E-state index in [1.54, 1.807) is 6.07 Å².